The summed E-state index contributed by atoms with van der Waals surface area (Å²) >= 11 is 0. The third-order valence-electron chi connectivity index (χ3n) is 2.85. The number of nitrogens with two attached hydrogens (primary N) is 1. The van der Waals surface area contributed by atoms with Crippen LogP contribution in [0.3, 0.4) is 0 Å². The zero-order chi connectivity index (χ0) is 13.5. The molecule has 0 spiro atoms. The van der Waals surface area contributed by atoms with E-state index in [-0.39, 0.29) is 22.9 Å². The number of hydrogen-bond donors (Lipinski definition) is 2. The Morgan fingerprint density at radius 2 is 2.17 bits per heavy atom. The van der Waals surface area contributed by atoms with Crippen LogP contribution in [0.25, 0.3) is 0 Å². The molecule has 1 aromatic carbocycles. The van der Waals surface area contributed by atoms with E-state index in [0.29, 0.717) is 12.2 Å². The fourth-order valence-electron chi connectivity index (χ4n) is 2.06. The van der Waals surface area contributed by atoms with Gasteiger partial charge >= 0.3 is 5.97 Å². The molecule has 0 aliphatic carbocycles. The Balaban J connectivity index is 2.44. The van der Waals surface area contributed by atoms with Crippen LogP contribution in [0.5, 0.6) is 0 Å². The van der Waals surface area contributed by atoms with Crippen molar-refractivity contribution in [3.8, 4) is 0 Å². The molecule has 0 saturated carbocycles. The Labute approximate surface area is 105 Å². The molecule has 7 heteroatoms. The van der Waals surface area contributed by atoms with Gasteiger partial charge in [-0.1, -0.05) is 6.92 Å². The van der Waals surface area contributed by atoms with Crippen LogP contribution in [0.1, 0.15) is 17.3 Å². The highest BCUT2D eigenvalue weighted by molar-refractivity contribution is 7.93. The third-order valence-corrected chi connectivity index (χ3v) is 4.86. The van der Waals surface area contributed by atoms with Crippen molar-refractivity contribution in [2.45, 2.75) is 6.92 Å². The average Bonchev–Trinajstić information content (AvgIpc) is 2.51. The number of anilines is 2. The number of sulfonamides is 1. The number of carboxylic acids is 1. The number of benzene rings is 1. The lowest BCUT2D eigenvalue weighted by Gasteiger charge is -2.19. The number of aromatic carboxylic acids is 1. The first-order valence-electron chi connectivity index (χ1n) is 5.44. The molecular weight excluding hydrogens is 256 g/mol. The van der Waals surface area contributed by atoms with Gasteiger partial charge in [-0.15, -0.1) is 0 Å². The lowest BCUT2D eigenvalue weighted by Crippen LogP contribution is -2.26. The Morgan fingerprint density at radius 3 is 2.61 bits per heavy atom. The molecule has 0 amide bonds. The Hall–Kier alpha value is -1.76. The van der Waals surface area contributed by atoms with Crippen molar-refractivity contribution in [2.75, 3.05) is 22.3 Å². The summed E-state index contributed by atoms with van der Waals surface area (Å²) in [6, 6.07) is 4.07. The fraction of sp³-hybridized carbons (Fsp3) is 0.364. The quantitative estimate of drug-likeness (QED) is 0.772. The predicted octanol–water partition coefficient (Wildman–Crippen LogP) is 0.753. The van der Waals surface area contributed by atoms with Crippen molar-refractivity contribution < 1.29 is 18.3 Å². The monoisotopic (exact) mass is 270 g/mol. The summed E-state index contributed by atoms with van der Waals surface area (Å²) in [5, 5.41) is 8.82. The number of nitrogens with zero attached hydrogens (tertiary/aromatic N) is 1. The molecule has 0 bridgehead atoms. The number of hydrogen-bond acceptors (Lipinski definition) is 4. The van der Waals surface area contributed by atoms with E-state index in [1.165, 1.54) is 22.5 Å². The van der Waals surface area contributed by atoms with Crippen molar-refractivity contribution in [3.63, 3.8) is 0 Å². The van der Waals surface area contributed by atoms with Crippen molar-refractivity contribution in [2.24, 2.45) is 5.92 Å². The maximum atomic E-state index is 11.9. The van der Waals surface area contributed by atoms with Crippen LogP contribution in [0.2, 0.25) is 0 Å². The van der Waals surface area contributed by atoms with Crippen LogP contribution < -0.4 is 10.0 Å². The van der Waals surface area contributed by atoms with Gasteiger partial charge in [0.25, 0.3) is 0 Å². The maximum absolute atomic E-state index is 11.9. The topological polar surface area (TPSA) is 101 Å². The van der Waals surface area contributed by atoms with Crippen LogP contribution in [0.4, 0.5) is 11.4 Å². The summed E-state index contributed by atoms with van der Waals surface area (Å²) in [7, 11) is -3.34. The first-order valence-corrected chi connectivity index (χ1v) is 7.05. The highest BCUT2D eigenvalue weighted by Gasteiger charge is 2.34. The standard InChI is InChI=1S/C11H14N2O4S/c1-7-5-13(18(16,17)6-7)10-3-2-8(11(14)15)4-9(10)12/h2-4,7H,5-6,12H2,1H3,(H,14,15). The molecule has 0 aromatic heterocycles. The van der Waals surface area contributed by atoms with Crippen molar-refractivity contribution in [1.29, 1.82) is 0 Å². The molecule has 0 radical (unpaired) electrons. The van der Waals surface area contributed by atoms with E-state index < -0.39 is 16.0 Å². The van der Waals surface area contributed by atoms with E-state index in [1.807, 2.05) is 6.92 Å². The van der Waals surface area contributed by atoms with Gasteiger partial charge < -0.3 is 10.8 Å². The van der Waals surface area contributed by atoms with E-state index in [1.54, 1.807) is 0 Å². The van der Waals surface area contributed by atoms with Crippen LogP contribution in [-0.4, -0.2) is 31.8 Å². The van der Waals surface area contributed by atoms with Gasteiger partial charge in [0.15, 0.2) is 0 Å². The van der Waals surface area contributed by atoms with Gasteiger partial charge in [-0.2, -0.15) is 0 Å². The largest absolute Gasteiger partial charge is 0.478 e. The average molecular weight is 270 g/mol. The molecule has 1 aliphatic rings. The minimum atomic E-state index is -3.34. The second kappa shape index (κ2) is 4.16. The van der Waals surface area contributed by atoms with Crippen molar-refractivity contribution in [1.82, 2.24) is 0 Å². The Bertz CT molecular complexity index is 597. The molecule has 1 aliphatic heterocycles. The fourth-order valence-corrected chi connectivity index (χ4v) is 4.01. The van der Waals surface area contributed by atoms with E-state index in [4.69, 9.17) is 10.8 Å². The SMILES string of the molecule is CC1CN(c2ccc(C(=O)O)cc2N)S(=O)(=O)C1. The molecule has 18 heavy (non-hydrogen) atoms. The van der Waals surface area contributed by atoms with Gasteiger partial charge in [-0.25, -0.2) is 13.2 Å². The van der Waals surface area contributed by atoms with Crippen molar-refractivity contribution >= 4 is 27.4 Å². The van der Waals surface area contributed by atoms with Gasteiger partial charge in [0.2, 0.25) is 10.0 Å². The molecule has 2 rings (SSSR count). The molecule has 1 unspecified atom stereocenters. The third kappa shape index (κ3) is 2.13. The summed E-state index contributed by atoms with van der Waals surface area (Å²) in [6.07, 6.45) is 0. The molecule has 3 N–H and O–H groups in total. The van der Waals surface area contributed by atoms with Crippen LogP contribution in [0.15, 0.2) is 18.2 Å². The number of rotatable bonds is 2. The smallest absolute Gasteiger partial charge is 0.335 e. The molecule has 1 saturated heterocycles. The minimum absolute atomic E-state index is 0.0357. The summed E-state index contributed by atoms with van der Waals surface area (Å²) < 4.78 is 25.0. The van der Waals surface area contributed by atoms with E-state index in [2.05, 4.69) is 0 Å². The molecule has 1 atom stereocenters. The number of nitrogen functional groups attached to an aromatic ring is 1. The maximum Gasteiger partial charge on any atom is 0.335 e. The summed E-state index contributed by atoms with van der Waals surface area (Å²) in [4.78, 5) is 10.8. The van der Waals surface area contributed by atoms with Crippen LogP contribution in [-0.2, 0) is 10.0 Å². The molecule has 6 nitrogen and oxygen atoms in total. The van der Waals surface area contributed by atoms with Gasteiger partial charge in [0.05, 0.1) is 22.7 Å². The second-order valence-electron chi connectivity index (χ2n) is 4.49. The lowest BCUT2D eigenvalue weighted by molar-refractivity contribution is 0.0697. The van der Waals surface area contributed by atoms with Gasteiger partial charge in [-0.05, 0) is 24.1 Å². The van der Waals surface area contributed by atoms with Gasteiger partial charge in [-0.3, -0.25) is 4.31 Å². The highest BCUT2D eigenvalue weighted by atomic mass is 32.2. The Kier molecular flexibility index (Phi) is 2.94. The molecule has 98 valence electrons. The molecule has 1 heterocycles. The van der Waals surface area contributed by atoms with E-state index in [0.717, 1.165) is 0 Å². The first kappa shape index (κ1) is 12.7. The Morgan fingerprint density at radius 1 is 1.50 bits per heavy atom. The number of carbonyl (C=O) groups is 1. The van der Waals surface area contributed by atoms with Crippen LogP contribution in [0, 0.1) is 5.92 Å². The normalized spacial score (nSPS) is 22.1. The zero-order valence-electron chi connectivity index (χ0n) is 9.83. The predicted molar refractivity (Wildman–Crippen MR) is 68.1 cm³/mol. The highest BCUT2D eigenvalue weighted by Crippen LogP contribution is 2.31. The number of carboxylic acid groups (broad SMARTS) is 1. The summed E-state index contributed by atoms with van der Waals surface area (Å²) in [5.74, 6) is -0.966. The molecular formula is C11H14N2O4S. The first-order chi connectivity index (χ1) is 8.31. The van der Waals surface area contributed by atoms with E-state index >= 15 is 0 Å². The van der Waals surface area contributed by atoms with Crippen LogP contribution >= 0.6 is 0 Å². The lowest BCUT2D eigenvalue weighted by atomic mass is 10.1. The second-order valence-corrected chi connectivity index (χ2v) is 6.43. The van der Waals surface area contributed by atoms with Crippen molar-refractivity contribution in [3.05, 3.63) is 23.8 Å². The zero-order valence-corrected chi connectivity index (χ0v) is 10.6. The van der Waals surface area contributed by atoms with Gasteiger partial charge in [0.1, 0.15) is 0 Å². The minimum Gasteiger partial charge on any atom is -0.478 e. The van der Waals surface area contributed by atoms with E-state index in [9.17, 15) is 13.2 Å². The van der Waals surface area contributed by atoms with Gasteiger partial charge in [0, 0.05) is 6.54 Å². The molecule has 1 fully saturated rings. The summed E-state index contributed by atoms with van der Waals surface area (Å²) in [5.41, 5.74) is 6.29. The molecule has 1 aromatic rings. The summed E-state index contributed by atoms with van der Waals surface area (Å²) in [6.45, 7) is 2.22.